The number of carbonyl (C=O) groups excluding carboxylic acids is 1. The van der Waals surface area contributed by atoms with Crippen molar-refractivity contribution >= 4 is 28.9 Å². The third-order valence-electron chi connectivity index (χ3n) is 3.42. The summed E-state index contributed by atoms with van der Waals surface area (Å²) in [6.07, 6.45) is 6.04. The number of amidine groups is 1. The van der Waals surface area contributed by atoms with Crippen LogP contribution in [0.15, 0.2) is 26.4 Å². The average Bonchev–Trinajstić information content (AvgIpc) is 3.03. The van der Waals surface area contributed by atoms with E-state index in [9.17, 15) is 4.79 Å². The minimum Gasteiger partial charge on any atom is -0.462 e. The Kier molecular flexibility index (Phi) is 6.31. The largest absolute Gasteiger partial charge is 0.462 e. The maximum Gasteiger partial charge on any atom is 0.266 e. The standard InChI is InChI=1S/C17H24N2O2S/c1-4-6-10-18-17-19(11-7-5-2)16(20)15(22-17)12-14-9-8-13(3)21-14/h8-9,12H,4-7,10-11H2,1-3H3. The third-order valence-corrected chi connectivity index (χ3v) is 4.46. The first-order valence-electron chi connectivity index (χ1n) is 7.98. The number of carbonyl (C=O) groups is 1. The first-order valence-corrected chi connectivity index (χ1v) is 8.79. The molecule has 0 aromatic carbocycles. The van der Waals surface area contributed by atoms with Crippen LogP contribution in [-0.2, 0) is 4.79 Å². The monoisotopic (exact) mass is 320 g/mol. The molecular weight excluding hydrogens is 296 g/mol. The fourth-order valence-corrected chi connectivity index (χ4v) is 3.14. The molecule has 0 aliphatic carbocycles. The predicted octanol–water partition coefficient (Wildman–Crippen LogP) is 4.46. The Labute approximate surface area is 136 Å². The Morgan fingerprint density at radius 2 is 2.05 bits per heavy atom. The molecule has 1 saturated heterocycles. The highest BCUT2D eigenvalue weighted by Crippen LogP contribution is 2.33. The molecule has 2 heterocycles. The summed E-state index contributed by atoms with van der Waals surface area (Å²) in [5, 5.41) is 0.835. The maximum atomic E-state index is 12.6. The molecule has 0 N–H and O–H groups in total. The summed E-state index contributed by atoms with van der Waals surface area (Å²) in [6.45, 7) is 7.69. The van der Waals surface area contributed by atoms with Crippen molar-refractivity contribution < 1.29 is 9.21 Å². The van der Waals surface area contributed by atoms with Gasteiger partial charge < -0.3 is 4.42 Å². The molecule has 1 aliphatic heterocycles. The van der Waals surface area contributed by atoms with Crippen molar-refractivity contribution in [1.29, 1.82) is 0 Å². The molecule has 0 spiro atoms. The number of aryl methyl sites for hydroxylation is 1. The summed E-state index contributed by atoms with van der Waals surface area (Å²) in [6, 6.07) is 3.79. The number of amides is 1. The van der Waals surface area contributed by atoms with Gasteiger partial charge in [0.05, 0.1) is 4.91 Å². The van der Waals surface area contributed by atoms with Crippen LogP contribution < -0.4 is 0 Å². The Bertz CT molecular complexity index is 575. The summed E-state index contributed by atoms with van der Waals surface area (Å²) in [7, 11) is 0. The van der Waals surface area contributed by atoms with Gasteiger partial charge in [-0.1, -0.05) is 26.7 Å². The number of furan rings is 1. The first-order chi connectivity index (χ1) is 10.7. The first kappa shape index (κ1) is 16.9. The van der Waals surface area contributed by atoms with Crippen molar-refractivity contribution in [3.63, 3.8) is 0 Å². The SMILES string of the molecule is CCCCN=C1SC(=Cc2ccc(C)o2)C(=O)N1CCCC. The zero-order valence-corrected chi connectivity index (χ0v) is 14.4. The van der Waals surface area contributed by atoms with Crippen molar-refractivity contribution in [2.45, 2.75) is 46.5 Å². The zero-order valence-electron chi connectivity index (χ0n) is 13.6. The summed E-state index contributed by atoms with van der Waals surface area (Å²) in [4.78, 5) is 19.7. The van der Waals surface area contributed by atoms with E-state index in [1.807, 2.05) is 30.0 Å². The molecule has 0 saturated carbocycles. The lowest BCUT2D eigenvalue weighted by Gasteiger charge is -2.14. The van der Waals surface area contributed by atoms with E-state index in [1.165, 1.54) is 11.8 Å². The van der Waals surface area contributed by atoms with Crippen molar-refractivity contribution in [3.05, 3.63) is 28.6 Å². The van der Waals surface area contributed by atoms with Crippen LogP contribution in [0.25, 0.3) is 6.08 Å². The van der Waals surface area contributed by atoms with Gasteiger partial charge in [-0.05, 0) is 43.7 Å². The summed E-state index contributed by atoms with van der Waals surface area (Å²) >= 11 is 1.46. The second kappa shape index (κ2) is 8.22. The van der Waals surface area contributed by atoms with E-state index in [-0.39, 0.29) is 5.91 Å². The highest BCUT2D eigenvalue weighted by molar-refractivity contribution is 8.18. The number of aliphatic imine (C=N–C) groups is 1. The van der Waals surface area contributed by atoms with E-state index in [0.29, 0.717) is 4.91 Å². The molecule has 2 rings (SSSR count). The highest BCUT2D eigenvalue weighted by Gasteiger charge is 2.32. The Morgan fingerprint density at radius 1 is 1.27 bits per heavy atom. The molecule has 1 amide bonds. The van der Waals surface area contributed by atoms with Crippen LogP contribution in [0.4, 0.5) is 0 Å². The molecule has 5 heteroatoms. The van der Waals surface area contributed by atoms with Gasteiger partial charge in [-0.3, -0.25) is 14.7 Å². The summed E-state index contributed by atoms with van der Waals surface area (Å²) in [5.74, 6) is 1.61. The van der Waals surface area contributed by atoms with Gasteiger partial charge in [0.15, 0.2) is 5.17 Å². The van der Waals surface area contributed by atoms with Crippen LogP contribution in [0.5, 0.6) is 0 Å². The van der Waals surface area contributed by atoms with E-state index in [0.717, 1.165) is 55.5 Å². The molecule has 4 nitrogen and oxygen atoms in total. The van der Waals surface area contributed by atoms with E-state index in [2.05, 4.69) is 18.8 Å². The molecule has 1 aromatic rings. The van der Waals surface area contributed by atoms with Crippen molar-refractivity contribution in [2.24, 2.45) is 4.99 Å². The lowest BCUT2D eigenvalue weighted by atomic mass is 10.3. The second-order valence-electron chi connectivity index (χ2n) is 5.39. The normalized spacial score (nSPS) is 18.9. The summed E-state index contributed by atoms with van der Waals surface area (Å²) < 4.78 is 5.54. The molecule has 1 aliphatic rings. The minimum atomic E-state index is 0.0442. The molecule has 0 radical (unpaired) electrons. The molecule has 1 aromatic heterocycles. The molecule has 0 atom stereocenters. The Balaban J connectivity index is 2.17. The number of thioether (sulfide) groups is 1. The molecule has 1 fully saturated rings. The van der Waals surface area contributed by atoms with Gasteiger partial charge in [-0.15, -0.1) is 0 Å². The second-order valence-corrected chi connectivity index (χ2v) is 6.40. The van der Waals surface area contributed by atoms with Crippen molar-refractivity contribution in [1.82, 2.24) is 4.90 Å². The lowest BCUT2D eigenvalue weighted by Crippen LogP contribution is -2.30. The number of unbranched alkanes of at least 4 members (excludes halogenated alkanes) is 2. The quantitative estimate of drug-likeness (QED) is 0.550. The van der Waals surface area contributed by atoms with Crippen molar-refractivity contribution in [3.8, 4) is 0 Å². The molecule has 22 heavy (non-hydrogen) atoms. The zero-order chi connectivity index (χ0) is 15.9. The minimum absolute atomic E-state index is 0.0442. The van der Waals surface area contributed by atoms with Gasteiger partial charge in [-0.2, -0.15) is 0 Å². The van der Waals surface area contributed by atoms with Gasteiger partial charge in [0.25, 0.3) is 5.91 Å². The Hall–Kier alpha value is -1.49. The van der Waals surface area contributed by atoms with Gasteiger partial charge in [-0.25, -0.2) is 0 Å². The molecule has 0 unspecified atom stereocenters. The van der Waals surface area contributed by atoms with Crippen LogP contribution in [0.3, 0.4) is 0 Å². The highest BCUT2D eigenvalue weighted by atomic mass is 32.2. The topological polar surface area (TPSA) is 45.8 Å². The number of nitrogens with zero attached hydrogens (tertiary/aromatic N) is 2. The van der Waals surface area contributed by atoms with Gasteiger partial charge in [0, 0.05) is 19.2 Å². The smallest absolute Gasteiger partial charge is 0.266 e. The van der Waals surface area contributed by atoms with Crippen LogP contribution in [0.2, 0.25) is 0 Å². The lowest BCUT2D eigenvalue weighted by molar-refractivity contribution is -0.122. The number of rotatable bonds is 7. The van der Waals surface area contributed by atoms with Gasteiger partial charge in [0.1, 0.15) is 11.5 Å². The van der Waals surface area contributed by atoms with E-state index in [4.69, 9.17) is 4.42 Å². The Morgan fingerprint density at radius 3 is 2.68 bits per heavy atom. The van der Waals surface area contributed by atoms with Crippen LogP contribution >= 0.6 is 11.8 Å². The van der Waals surface area contributed by atoms with Crippen molar-refractivity contribution in [2.75, 3.05) is 13.1 Å². The van der Waals surface area contributed by atoms with E-state index in [1.54, 1.807) is 0 Å². The van der Waals surface area contributed by atoms with Gasteiger partial charge >= 0.3 is 0 Å². The van der Waals surface area contributed by atoms with Crippen LogP contribution in [-0.4, -0.2) is 29.1 Å². The number of hydrogen-bond acceptors (Lipinski definition) is 4. The average molecular weight is 320 g/mol. The summed E-state index contributed by atoms with van der Waals surface area (Å²) in [5.41, 5.74) is 0. The van der Waals surface area contributed by atoms with Gasteiger partial charge in [0.2, 0.25) is 0 Å². The van der Waals surface area contributed by atoms with Crippen LogP contribution in [0.1, 0.15) is 51.1 Å². The fraction of sp³-hybridized carbons (Fsp3) is 0.529. The fourth-order valence-electron chi connectivity index (χ4n) is 2.13. The van der Waals surface area contributed by atoms with E-state index < -0.39 is 0 Å². The predicted molar refractivity (Wildman–Crippen MR) is 92.8 cm³/mol. The maximum absolute atomic E-state index is 12.6. The third kappa shape index (κ3) is 4.26. The van der Waals surface area contributed by atoms with Crippen LogP contribution in [0, 0.1) is 6.92 Å². The molecule has 0 bridgehead atoms. The van der Waals surface area contributed by atoms with E-state index >= 15 is 0 Å². The molecular formula is C17H24N2O2S. The molecule has 120 valence electrons. The number of hydrogen-bond donors (Lipinski definition) is 0.